The maximum Gasteiger partial charge on any atom is 0.242 e. The molecule has 0 aromatic heterocycles. The molecule has 0 radical (unpaired) electrons. The molecule has 1 rings (SSSR count). The molecular weight excluding hydrogens is 206 g/mol. The number of primary amides is 1. The van der Waals surface area contributed by atoms with Gasteiger partial charge in [-0.2, -0.15) is 0 Å². The first-order chi connectivity index (χ1) is 7.32. The molecule has 1 saturated carbocycles. The summed E-state index contributed by atoms with van der Waals surface area (Å²) in [6.07, 6.45) is 4.07. The van der Waals surface area contributed by atoms with Crippen LogP contribution in [0.5, 0.6) is 0 Å². The van der Waals surface area contributed by atoms with Crippen LogP contribution in [0.3, 0.4) is 0 Å². The highest BCUT2D eigenvalue weighted by atomic mass is 16.2. The third-order valence-electron chi connectivity index (χ3n) is 2.90. The normalized spacial score (nSPS) is 17.4. The minimum Gasteiger partial charge on any atom is -0.368 e. The molecule has 1 aliphatic carbocycles. The van der Waals surface area contributed by atoms with Crippen molar-refractivity contribution in [3.05, 3.63) is 0 Å². The summed E-state index contributed by atoms with van der Waals surface area (Å²) in [6, 6.07) is 0.128. The fourth-order valence-corrected chi connectivity index (χ4v) is 2.12. The summed E-state index contributed by atoms with van der Waals surface area (Å²) in [7, 11) is 0. The number of amides is 2. The second kappa shape index (κ2) is 4.82. The van der Waals surface area contributed by atoms with Crippen LogP contribution in [-0.4, -0.2) is 34.8 Å². The number of carbonyl (C=O) groups excluding carboxylic acids is 2. The molecule has 0 heterocycles. The van der Waals surface area contributed by atoms with Crippen LogP contribution in [0, 0.1) is 0 Å². The van der Waals surface area contributed by atoms with Crippen molar-refractivity contribution in [2.24, 2.45) is 11.5 Å². The Labute approximate surface area is 96.1 Å². The van der Waals surface area contributed by atoms with E-state index in [2.05, 4.69) is 0 Å². The van der Waals surface area contributed by atoms with E-state index in [-0.39, 0.29) is 18.5 Å². The second-order valence-corrected chi connectivity index (χ2v) is 5.06. The van der Waals surface area contributed by atoms with Crippen LogP contribution in [0.2, 0.25) is 0 Å². The van der Waals surface area contributed by atoms with Crippen LogP contribution in [-0.2, 0) is 9.59 Å². The van der Waals surface area contributed by atoms with E-state index < -0.39 is 11.4 Å². The number of nitrogens with zero attached hydrogens (tertiary/aromatic N) is 1. The summed E-state index contributed by atoms with van der Waals surface area (Å²) in [5.74, 6) is -0.678. The molecule has 4 N–H and O–H groups in total. The summed E-state index contributed by atoms with van der Waals surface area (Å²) < 4.78 is 0. The van der Waals surface area contributed by atoms with Gasteiger partial charge in [-0.3, -0.25) is 9.59 Å². The Morgan fingerprint density at radius 1 is 1.31 bits per heavy atom. The van der Waals surface area contributed by atoms with Crippen LogP contribution < -0.4 is 11.5 Å². The van der Waals surface area contributed by atoms with Gasteiger partial charge >= 0.3 is 0 Å². The van der Waals surface area contributed by atoms with Crippen LogP contribution in [0.15, 0.2) is 0 Å². The number of hydrogen-bond acceptors (Lipinski definition) is 3. The van der Waals surface area contributed by atoms with Gasteiger partial charge in [-0.25, -0.2) is 0 Å². The molecule has 1 fully saturated rings. The molecule has 0 atom stereocenters. The Balaban J connectivity index is 2.77. The maximum atomic E-state index is 12.1. The van der Waals surface area contributed by atoms with Crippen molar-refractivity contribution in [3.8, 4) is 0 Å². The van der Waals surface area contributed by atoms with E-state index in [0.29, 0.717) is 0 Å². The summed E-state index contributed by atoms with van der Waals surface area (Å²) in [6.45, 7) is 3.28. The second-order valence-electron chi connectivity index (χ2n) is 5.06. The smallest absolute Gasteiger partial charge is 0.242 e. The van der Waals surface area contributed by atoms with E-state index >= 15 is 0 Å². The highest BCUT2D eigenvalue weighted by Crippen LogP contribution is 2.24. The van der Waals surface area contributed by atoms with E-state index in [1.54, 1.807) is 18.7 Å². The molecule has 1 aliphatic rings. The molecule has 0 bridgehead atoms. The van der Waals surface area contributed by atoms with Gasteiger partial charge in [0.2, 0.25) is 11.8 Å². The largest absolute Gasteiger partial charge is 0.368 e. The van der Waals surface area contributed by atoms with Gasteiger partial charge in [-0.15, -0.1) is 0 Å². The Hall–Kier alpha value is -1.10. The average molecular weight is 227 g/mol. The molecule has 0 aliphatic heterocycles. The van der Waals surface area contributed by atoms with Crippen molar-refractivity contribution in [1.29, 1.82) is 0 Å². The predicted molar refractivity (Wildman–Crippen MR) is 61.4 cm³/mol. The monoisotopic (exact) mass is 227 g/mol. The SMILES string of the molecule is CC(C)(N)C(=O)N(CC(N)=O)C1CCCC1. The molecule has 0 aromatic carbocycles. The zero-order valence-electron chi connectivity index (χ0n) is 10.0. The number of carbonyl (C=O) groups is 2. The summed E-state index contributed by atoms with van der Waals surface area (Å²) in [5, 5.41) is 0. The van der Waals surface area contributed by atoms with Crippen LogP contribution in [0.1, 0.15) is 39.5 Å². The summed E-state index contributed by atoms with van der Waals surface area (Å²) in [4.78, 5) is 24.6. The van der Waals surface area contributed by atoms with Crippen LogP contribution >= 0.6 is 0 Å². The average Bonchev–Trinajstić information content (AvgIpc) is 2.63. The van der Waals surface area contributed by atoms with Crippen molar-refractivity contribution in [1.82, 2.24) is 4.90 Å². The molecule has 0 saturated heterocycles. The fraction of sp³-hybridized carbons (Fsp3) is 0.818. The third-order valence-corrected chi connectivity index (χ3v) is 2.90. The van der Waals surface area contributed by atoms with E-state index in [4.69, 9.17) is 11.5 Å². The van der Waals surface area contributed by atoms with Crippen molar-refractivity contribution in [2.75, 3.05) is 6.54 Å². The van der Waals surface area contributed by atoms with Gasteiger partial charge < -0.3 is 16.4 Å². The quantitative estimate of drug-likeness (QED) is 0.707. The van der Waals surface area contributed by atoms with E-state index in [0.717, 1.165) is 25.7 Å². The first-order valence-electron chi connectivity index (χ1n) is 5.70. The maximum absolute atomic E-state index is 12.1. The minimum atomic E-state index is -0.946. The van der Waals surface area contributed by atoms with Gasteiger partial charge in [0.15, 0.2) is 0 Å². The third kappa shape index (κ3) is 3.20. The van der Waals surface area contributed by atoms with Gasteiger partial charge in [-0.1, -0.05) is 12.8 Å². The Kier molecular flexibility index (Phi) is 3.91. The predicted octanol–water partition coefficient (Wildman–Crippen LogP) is -0.0198. The van der Waals surface area contributed by atoms with Gasteiger partial charge in [0, 0.05) is 6.04 Å². The Bertz CT molecular complexity index is 277. The first kappa shape index (κ1) is 13.0. The molecule has 0 spiro atoms. The molecule has 92 valence electrons. The summed E-state index contributed by atoms with van der Waals surface area (Å²) >= 11 is 0. The first-order valence-corrected chi connectivity index (χ1v) is 5.70. The lowest BCUT2D eigenvalue weighted by molar-refractivity contribution is -0.141. The molecule has 5 nitrogen and oxygen atoms in total. The van der Waals surface area contributed by atoms with Crippen molar-refractivity contribution < 1.29 is 9.59 Å². The Morgan fingerprint density at radius 2 is 1.81 bits per heavy atom. The topological polar surface area (TPSA) is 89.4 Å². The lowest BCUT2D eigenvalue weighted by Gasteiger charge is -2.33. The lowest BCUT2D eigenvalue weighted by atomic mass is 10.0. The van der Waals surface area contributed by atoms with Crippen molar-refractivity contribution in [3.63, 3.8) is 0 Å². The lowest BCUT2D eigenvalue weighted by Crippen LogP contribution is -2.55. The fourth-order valence-electron chi connectivity index (χ4n) is 2.12. The molecule has 0 unspecified atom stereocenters. The molecule has 0 aromatic rings. The zero-order chi connectivity index (χ0) is 12.3. The number of nitrogens with two attached hydrogens (primary N) is 2. The van der Waals surface area contributed by atoms with Crippen molar-refractivity contribution in [2.45, 2.75) is 51.1 Å². The van der Waals surface area contributed by atoms with Gasteiger partial charge in [0.05, 0.1) is 12.1 Å². The van der Waals surface area contributed by atoms with E-state index in [9.17, 15) is 9.59 Å². The van der Waals surface area contributed by atoms with E-state index in [1.807, 2.05) is 0 Å². The minimum absolute atomic E-state index is 0.0237. The van der Waals surface area contributed by atoms with E-state index in [1.165, 1.54) is 0 Å². The number of hydrogen-bond donors (Lipinski definition) is 2. The highest BCUT2D eigenvalue weighted by Gasteiger charge is 2.34. The van der Waals surface area contributed by atoms with Gasteiger partial charge in [0.1, 0.15) is 0 Å². The van der Waals surface area contributed by atoms with Gasteiger partial charge in [-0.05, 0) is 26.7 Å². The molecule has 2 amide bonds. The Morgan fingerprint density at radius 3 is 2.19 bits per heavy atom. The summed E-state index contributed by atoms with van der Waals surface area (Å²) in [5.41, 5.74) is 10.0. The number of rotatable bonds is 4. The molecule has 16 heavy (non-hydrogen) atoms. The standard InChI is InChI=1S/C11H21N3O2/c1-11(2,13)10(16)14(7-9(12)15)8-5-3-4-6-8/h8H,3-7,13H2,1-2H3,(H2,12,15). The zero-order valence-corrected chi connectivity index (χ0v) is 10.0. The van der Waals surface area contributed by atoms with Crippen molar-refractivity contribution >= 4 is 11.8 Å². The van der Waals surface area contributed by atoms with Crippen LogP contribution in [0.25, 0.3) is 0 Å². The van der Waals surface area contributed by atoms with Crippen LogP contribution in [0.4, 0.5) is 0 Å². The molecular formula is C11H21N3O2. The highest BCUT2D eigenvalue weighted by molar-refractivity contribution is 5.89. The molecule has 5 heteroatoms. The van der Waals surface area contributed by atoms with Gasteiger partial charge in [0.25, 0.3) is 0 Å².